The quantitative estimate of drug-likeness (QED) is 0.116. The lowest BCUT2D eigenvalue weighted by molar-refractivity contribution is -0.147. The Morgan fingerprint density at radius 1 is 0.717 bits per heavy atom. The van der Waals surface area contributed by atoms with Crippen LogP contribution in [-0.2, 0) is 41.6 Å². The molecule has 2 N–H and O–H groups in total. The second-order valence-electron chi connectivity index (χ2n) is 13.2. The van der Waals surface area contributed by atoms with Crippen molar-refractivity contribution < 1.29 is 38.1 Å². The van der Waals surface area contributed by atoms with E-state index in [1.54, 1.807) is 0 Å². The zero-order valence-corrected chi connectivity index (χ0v) is 27.5. The molecule has 1 aliphatic rings. The van der Waals surface area contributed by atoms with E-state index < -0.39 is 12.2 Å². The SMILES string of the molecule is CC1(C)CC(CC(=O)OCCCOC(=O)CCc2ccccc2)CC(C)(CNC(=O)OCCCNC(=O)OCc2ccccc2)C1. The van der Waals surface area contributed by atoms with E-state index in [0.717, 1.165) is 30.4 Å². The lowest BCUT2D eigenvalue weighted by Gasteiger charge is -2.46. The lowest BCUT2D eigenvalue weighted by Crippen LogP contribution is -2.44. The first-order valence-electron chi connectivity index (χ1n) is 16.2. The number of hydrogen-bond donors (Lipinski definition) is 2. The Morgan fingerprint density at radius 2 is 1.33 bits per heavy atom. The molecule has 1 aliphatic carbocycles. The number of rotatable bonds is 17. The van der Waals surface area contributed by atoms with Gasteiger partial charge >= 0.3 is 24.1 Å². The summed E-state index contributed by atoms with van der Waals surface area (Å²) in [6, 6.07) is 19.2. The Hall–Kier alpha value is -4.08. The van der Waals surface area contributed by atoms with E-state index >= 15 is 0 Å². The van der Waals surface area contributed by atoms with Gasteiger partial charge in [-0.15, -0.1) is 0 Å². The number of carbonyl (C=O) groups excluding carboxylic acids is 4. The van der Waals surface area contributed by atoms with Crippen LogP contribution in [0.25, 0.3) is 0 Å². The molecule has 3 rings (SSSR count). The molecule has 10 heteroatoms. The summed E-state index contributed by atoms with van der Waals surface area (Å²) < 4.78 is 21.2. The maximum atomic E-state index is 12.6. The van der Waals surface area contributed by atoms with Gasteiger partial charge < -0.3 is 29.6 Å². The molecule has 2 aromatic rings. The smallest absolute Gasteiger partial charge is 0.407 e. The maximum Gasteiger partial charge on any atom is 0.407 e. The van der Waals surface area contributed by atoms with E-state index in [4.69, 9.17) is 18.9 Å². The Bertz CT molecular complexity index is 1240. The molecule has 0 bridgehead atoms. The van der Waals surface area contributed by atoms with E-state index in [9.17, 15) is 19.2 Å². The second-order valence-corrected chi connectivity index (χ2v) is 13.2. The zero-order valence-electron chi connectivity index (χ0n) is 27.5. The number of carbonyl (C=O) groups is 4. The van der Waals surface area contributed by atoms with Gasteiger partial charge in [-0.2, -0.15) is 0 Å². The van der Waals surface area contributed by atoms with Crippen molar-refractivity contribution in [3.05, 3.63) is 71.8 Å². The number of nitrogens with one attached hydrogen (secondary N) is 2. The van der Waals surface area contributed by atoms with Crippen LogP contribution in [0.4, 0.5) is 9.59 Å². The number of esters is 2. The van der Waals surface area contributed by atoms with Crippen molar-refractivity contribution in [1.29, 1.82) is 0 Å². The molecule has 2 aromatic carbocycles. The monoisotopic (exact) mass is 638 g/mol. The van der Waals surface area contributed by atoms with Crippen molar-refractivity contribution in [1.82, 2.24) is 10.6 Å². The average molecular weight is 639 g/mol. The summed E-state index contributed by atoms with van der Waals surface area (Å²) >= 11 is 0. The minimum Gasteiger partial charge on any atom is -0.466 e. The highest BCUT2D eigenvalue weighted by atomic mass is 16.6. The van der Waals surface area contributed by atoms with E-state index in [1.165, 1.54) is 0 Å². The number of benzene rings is 2. The van der Waals surface area contributed by atoms with Crippen molar-refractivity contribution in [2.75, 3.05) is 32.9 Å². The molecule has 1 fully saturated rings. The topological polar surface area (TPSA) is 129 Å². The molecule has 2 amide bonds. The lowest BCUT2D eigenvalue weighted by atomic mass is 9.60. The summed E-state index contributed by atoms with van der Waals surface area (Å²) in [5, 5.41) is 5.54. The molecule has 10 nitrogen and oxygen atoms in total. The Labute approximate surface area is 272 Å². The Morgan fingerprint density at radius 3 is 2.02 bits per heavy atom. The van der Waals surface area contributed by atoms with Gasteiger partial charge in [0.15, 0.2) is 0 Å². The van der Waals surface area contributed by atoms with Gasteiger partial charge in [-0.05, 0) is 60.0 Å². The van der Waals surface area contributed by atoms with Gasteiger partial charge in [-0.25, -0.2) is 9.59 Å². The van der Waals surface area contributed by atoms with Crippen LogP contribution in [0.3, 0.4) is 0 Å². The predicted molar refractivity (Wildman–Crippen MR) is 174 cm³/mol. The molecule has 0 radical (unpaired) electrons. The third-order valence-corrected chi connectivity index (χ3v) is 7.95. The number of alkyl carbamates (subject to hydrolysis) is 2. The first kappa shape index (κ1) is 36.4. The Balaban J connectivity index is 1.26. The standard InChI is InChI=1S/C36H50N2O8/c1-35(2)23-30(22-32(40)44-21-11-20-43-31(39)17-16-28-12-6-4-7-13-28)24-36(3,26-35)27-38-34(42)45-19-10-18-37-33(41)46-25-29-14-8-5-9-15-29/h4-9,12-15,30H,10-11,16-27H2,1-3H3,(H,37,41)(H,38,42). The predicted octanol–water partition coefficient (Wildman–Crippen LogP) is 6.36. The highest BCUT2D eigenvalue weighted by molar-refractivity contribution is 5.70. The van der Waals surface area contributed by atoms with Crippen molar-refractivity contribution >= 4 is 24.1 Å². The fraction of sp³-hybridized carbons (Fsp3) is 0.556. The third-order valence-electron chi connectivity index (χ3n) is 7.95. The molecule has 0 aromatic heterocycles. The summed E-state index contributed by atoms with van der Waals surface area (Å²) in [5.74, 6) is -0.391. The minimum absolute atomic E-state index is 0.00171. The first-order chi connectivity index (χ1) is 22.0. The van der Waals surface area contributed by atoms with Crippen molar-refractivity contribution in [3.63, 3.8) is 0 Å². The normalized spacial score (nSPS) is 18.5. The van der Waals surface area contributed by atoms with E-state index in [2.05, 4.69) is 31.4 Å². The molecular formula is C36H50N2O8. The summed E-state index contributed by atoms with van der Waals surface area (Å²) in [6.07, 6.45) is 3.71. The average Bonchev–Trinajstić information content (AvgIpc) is 3.01. The molecule has 0 aliphatic heterocycles. The summed E-state index contributed by atoms with van der Waals surface area (Å²) in [5.41, 5.74) is 1.79. The van der Waals surface area contributed by atoms with Crippen molar-refractivity contribution in [3.8, 4) is 0 Å². The molecule has 2 atom stereocenters. The number of aryl methyl sites for hydroxylation is 1. The minimum atomic E-state index is -0.518. The maximum absolute atomic E-state index is 12.6. The molecule has 252 valence electrons. The van der Waals surface area contributed by atoms with Gasteiger partial charge in [-0.1, -0.05) is 81.4 Å². The van der Waals surface area contributed by atoms with Gasteiger partial charge in [0.05, 0.1) is 19.8 Å². The highest BCUT2D eigenvalue weighted by Crippen LogP contribution is 2.49. The summed E-state index contributed by atoms with van der Waals surface area (Å²) in [7, 11) is 0. The van der Waals surface area contributed by atoms with Gasteiger partial charge in [-0.3, -0.25) is 9.59 Å². The molecule has 46 heavy (non-hydrogen) atoms. The molecule has 1 saturated carbocycles. The number of amides is 2. The van der Waals surface area contributed by atoms with Crippen LogP contribution in [0.15, 0.2) is 60.7 Å². The Kier molecular flexibility index (Phi) is 14.9. The molecule has 2 unspecified atom stereocenters. The van der Waals surface area contributed by atoms with Crippen LogP contribution in [-0.4, -0.2) is 57.0 Å². The van der Waals surface area contributed by atoms with Crippen molar-refractivity contribution in [2.45, 2.75) is 78.7 Å². The van der Waals surface area contributed by atoms with Crippen LogP contribution in [0, 0.1) is 16.7 Å². The summed E-state index contributed by atoms with van der Waals surface area (Å²) in [6.45, 7) is 8.03. The van der Waals surface area contributed by atoms with Gasteiger partial charge in [0.2, 0.25) is 0 Å². The number of ether oxygens (including phenoxy) is 4. The number of hydrogen-bond acceptors (Lipinski definition) is 8. The van der Waals surface area contributed by atoms with Crippen LogP contribution in [0.1, 0.15) is 76.8 Å². The molecule has 0 saturated heterocycles. The molecular weight excluding hydrogens is 588 g/mol. The second kappa shape index (κ2) is 18.8. The van der Waals surface area contributed by atoms with Crippen LogP contribution in [0.5, 0.6) is 0 Å². The first-order valence-corrected chi connectivity index (χ1v) is 16.2. The molecule has 0 heterocycles. The third kappa shape index (κ3) is 14.8. The van der Waals surface area contributed by atoms with Gasteiger partial charge in [0.1, 0.15) is 6.61 Å². The van der Waals surface area contributed by atoms with Crippen LogP contribution < -0.4 is 10.6 Å². The summed E-state index contributed by atoms with van der Waals surface area (Å²) in [4.78, 5) is 48.8. The van der Waals surface area contributed by atoms with Gasteiger partial charge in [0.25, 0.3) is 0 Å². The molecule has 0 spiro atoms. The van der Waals surface area contributed by atoms with Gasteiger partial charge in [0, 0.05) is 32.4 Å². The van der Waals surface area contributed by atoms with Crippen LogP contribution >= 0.6 is 0 Å². The highest BCUT2D eigenvalue weighted by Gasteiger charge is 2.42. The van der Waals surface area contributed by atoms with E-state index in [0.29, 0.717) is 45.2 Å². The van der Waals surface area contributed by atoms with E-state index in [-0.39, 0.29) is 55.1 Å². The van der Waals surface area contributed by atoms with Crippen molar-refractivity contribution in [2.24, 2.45) is 16.7 Å². The largest absolute Gasteiger partial charge is 0.466 e. The van der Waals surface area contributed by atoms with Crippen LogP contribution in [0.2, 0.25) is 0 Å². The zero-order chi connectivity index (χ0) is 33.3. The fourth-order valence-electron chi connectivity index (χ4n) is 6.36. The fourth-order valence-corrected chi connectivity index (χ4v) is 6.36. The van der Waals surface area contributed by atoms with E-state index in [1.807, 2.05) is 60.7 Å².